The van der Waals surface area contributed by atoms with Crippen molar-refractivity contribution in [3.05, 3.63) is 24.8 Å². The third kappa shape index (κ3) is 27.5. The molecule has 0 saturated heterocycles. The summed E-state index contributed by atoms with van der Waals surface area (Å²) in [6.07, 6.45) is 37.3. The van der Waals surface area contributed by atoms with E-state index in [9.17, 15) is 14.7 Å². The predicted octanol–water partition coefficient (Wildman–Crippen LogP) is 10.7. The van der Waals surface area contributed by atoms with Crippen LogP contribution in [0.3, 0.4) is 0 Å². The molecule has 0 saturated carbocycles. The van der Waals surface area contributed by atoms with Crippen LogP contribution < -0.4 is 0 Å². The summed E-state index contributed by atoms with van der Waals surface area (Å²) in [5.74, 6) is -2.15. The van der Waals surface area contributed by atoms with Crippen LogP contribution in [0, 0.1) is 5.92 Å². The number of unbranched alkanes of at least 4 members (excludes halogenated alkanes) is 22. The zero-order valence-corrected chi connectivity index (χ0v) is 25.1. The Morgan fingerprint density at radius 3 is 1.42 bits per heavy atom. The van der Waals surface area contributed by atoms with Crippen LogP contribution in [0.2, 0.25) is 0 Å². The van der Waals surface area contributed by atoms with Crippen LogP contribution in [0.1, 0.15) is 167 Å². The first-order valence-corrected chi connectivity index (χ1v) is 16.3. The fraction of sp³-hybridized carbons (Fsp3) is 0.824. The maximum atomic E-state index is 11.6. The number of rotatable bonds is 30. The van der Waals surface area contributed by atoms with E-state index in [2.05, 4.69) is 19.6 Å². The van der Waals surface area contributed by atoms with Gasteiger partial charge in [-0.2, -0.15) is 0 Å². The molecule has 0 heterocycles. The lowest BCUT2D eigenvalue weighted by Gasteiger charge is -2.09. The van der Waals surface area contributed by atoms with Gasteiger partial charge >= 0.3 is 11.9 Å². The Balaban J connectivity index is 3.35. The molecule has 0 aromatic heterocycles. The second kappa shape index (κ2) is 30.0. The molecule has 0 aromatic carbocycles. The molecule has 38 heavy (non-hydrogen) atoms. The van der Waals surface area contributed by atoms with Crippen LogP contribution in [-0.2, 0) is 14.3 Å². The number of hydrogen-bond acceptors (Lipinski definition) is 3. The van der Waals surface area contributed by atoms with E-state index in [-0.39, 0.29) is 13.0 Å². The van der Waals surface area contributed by atoms with Gasteiger partial charge in [0.2, 0.25) is 0 Å². The summed E-state index contributed by atoms with van der Waals surface area (Å²) in [7, 11) is 0. The predicted molar refractivity (Wildman–Crippen MR) is 163 cm³/mol. The largest absolute Gasteiger partial charge is 0.481 e. The van der Waals surface area contributed by atoms with Crippen molar-refractivity contribution in [2.75, 3.05) is 6.61 Å². The number of carboxylic acid groups (broad SMARTS) is 1. The minimum absolute atomic E-state index is 0.0904. The van der Waals surface area contributed by atoms with Gasteiger partial charge in [-0.15, -0.1) is 0 Å². The summed E-state index contributed by atoms with van der Waals surface area (Å²) in [5.41, 5.74) is 0. The van der Waals surface area contributed by atoms with E-state index in [0.29, 0.717) is 6.42 Å². The van der Waals surface area contributed by atoms with Gasteiger partial charge in [0.1, 0.15) is 6.61 Å². The fourth-order valence-corrected chi connectivity index (χ4v) is 4.93. The smallest absolute Gasteiger partial charge is 0.307 e. The highest BCUT2D eigenvalue weighted by Crippen LogP contribution is 2.16. The molecule has 4 nitrogen and oxygen atoms in total. The summed E-state index contributed by atoms with van der Waals surface area (Å²) in [6, 6.07) is 0. The molecule has 0 spiro atoms. The second-order valence-electron chi connectivity index (χ2n) is 11.1. The summed E-state index contributed by atoms with van der Waals surface area (Å²) in [6.45, 7) is 5.90. The van der Waals surface area contributed by atoms with Crippen LogP contribution in [0.15, 0.2) is 24.8 Å². The van der Waals surface area contributed by atoms with Gasteiger partial charge in [-0.3, -0.25) is 9.59 Å². The van der Waals surface area contributed by atoms with Gasteiger partial charge in [0.25, 0.3) is 0 Å². The summed E-state index contributed by atoms with van der Waals surface area (Å²) < 4.78 is 4.89. The van der Waals surface area contributed by atoms with Crippen LogP contribution in [0.5, 0.6) is 0 Å². The van der Waals surface area contributed by atoms with Crippen molar-refractivity contribution in [3.63, 3.8) is 0 Å². The van der Waals surface area contributed by atoms with E-state index in [4.69, 9.17) is 4.74 Å². The van der Waals surface area contributed by atoms with E-state index < -0.39 is 17.9 Å². The molecular formula is C34H62O4. The first kappa shape index (κ1) is 36.4. The minimum atomic E-state index is -0.949. The summed E-state index contributed by atoms with van der Waals surface area (Å²) in [5, 5.41) is 9.27. The molecule has 0 bridgehead atoms. The van der Waals surface area contributed by atoms with Gasteiger partial charge in [0, 0.05) is 0 Å². The van der Waals surface area contributed by atoms with Crippen molar-refractivity contribution in [2.24, 2.45) is 5.92 Å². The molecule has 0 rings (SSSR count). The Kier molecular flexibility index (Phi) is 28.7. The number of ether oxygens (including phenoxy) is 1. The van der Waals surface area contributed by atoms with Gasteiger partial charge in [0.15, 0.2) is 0 Å². The Hall–Kier alpha value is -1.58. The zero-order chi connectivity index (χ0) is 27.9. The average molecular weight is 535 g/mol. The number of carbonyl (C=O) groups is 2. The Morgan fingerprint density at radius 1 is 0.658 bits per heavy atom. The molecule has 222 valence electrons. The maximum absolute atomic E-state index is 11.6. The Bertz CT molecular complexity index is 569. The molecule has 0 amide bonds. The fourth-order valence-electron chi connectivity index (χ4n) is 4.93. The normalized spacial score (nSPS) is 12.1. The van der Waals surface area contributed by atoms with Crippen LogP contribution >= 0.6 is 0 Å². The zero-order valence-electron chi connectivity index (χ0n) is 25.1. The number of esters is 1. The molecule has 0 aliphatic carbocycles. The van der Waals surface area contributed by atoms with Gasteiger partial charge in [-0.1, -0.05) is 167 Å². The lowest BCUT2D eigenvalue weighted by molar-refractivity contribution is -0.150. The van der Waals surface area contributed by atoms with E-state index in [1.165, 1.54) is 141 Å². The highest BCUT2D eigenvalue weighted by Gasteiger charge is 2.20. The Labute approximate surface area is 236 Å². The lowest BCUT2D eigenvalue weighted by Crippen LogP contribution is -2.19. The van der Waals surface area contributed by atoms with Crippen molar-refractivity contribution >= 4 is 11.9 Å². The summed E-state index contributed by atoms with van der Waals surface area (Å²) >= 11 is 0. The molecule has 0 radical (unpaired) electrons. The van der Waals surface area contributed by atoms with Crippen molar-refractivity contribution in [3.8, 4) is 0 Å². The van der Waals surface area contributed by atoms with E-state index in [1.807, 2.05) is 6.08 Å². The Morgan fingerprint density at radius 2 is 1.05 bits per heavy atom. The van der Waals surface area contributed by atoms with Gasteiger partial charge in [-0.25, -0.2) is 0 Å². The van der Waals surface area contributed by atoms with Crippen molar-refractivity contribution < 1.29 is 19.4 Å². The quantitative estimate of drug-likeness (QED) is 0.0565. The minimum Gasteiger partial charge on any atom is -0.481 e. The molecule has 1 atom stereocenters. The van der Waals surface area contributed by atoms with Gasteiger partial charge in [-0.05, 0) is 19.3 Å². The average Bonchev–Trinajstić information content (AvgIpc) is 2.91. The highest BCUT2D eigenvalue weighted by molar-refractivity contribution is 5.78. The maximum Gasteiger partial charge on any atom is 0.307 e. The third-order valence-corrected chi connectivity index (χ3v) is 7.44. The van der Waals surface area contributed by atoms with E-state index >= 15 is 0 Å². The molecule has 0 aliphatic heterocycles. The number of carbonyl (C=O) groups excluding carboxylic acids is 1. The molecular weight excluding hydrogens is 472 g/mol. The molecule has 1 N–H and O–H groups in total. The van der Waals surface area contributed by atoms with Crippen LogP contribution in [0.4, 0.5) is 0 Å². The topological polar surface area (TPSA) is 63.6 Å². The van der Waals surface area contributed by atoms with Crippen LogP contribution in [0.25, 0.3) is 0 Å². The van der Waals surface area contributed by atoms with E-state index in [0.717, 1.165) is 12.8 Å². The standard InChI is InChI=1S/C34H62O4/c1-3-5-6-7-8-9-10-11-12-13-14-15-16-17-18-19-20-21-22-23-24-25-26-27-28-29-32(34(36)37)31-33(35)38-30-4-2/h4,27-28,32H,2-3,5-26,29-31H2,1H3,(H,36,37)/b28-27+. The first-order valence-electron chi connectivity index (χ1n) is 16.3. The second-order valence-corrected chi connectivity index (χ2v) is 11.1. The molecule has 1 unspecified atom stereocenters. The van der Waals surface area contributed by atoms with Crippen molar-refractivity contribution in [1.29, 1.82) is 0 Å². The SMILES string of the molecule is C=CCOC(=O)CC(C/C=C/CCCCCCCCCCCCCCCCCCCCCCCC)C(=O)O. The van der Waals surface area contributed by atoms with Gasteiger partial charge in [0.05, 0.1) is 12.3 Å². The third-order valence-electron chi connectivity index (χ3n) is 7.44. The number of aliphatic carboxylic acids is 1. The number of allylic oxidation sites excluding steroid dienone is 2. The number of hydrogen-bond donors (Lipinski definition) is 1. The van der Waals surface area contributed by atoms with Gasteiger partial charge < -0.3 is 9.84 Å². The monoisotopic (exact) mass is 534 g/mol. The number of carboxylic acids is 1. The molecule has 0 aliphatic rings. The van der Waals surface area contributed by atoms with Crippen molar-refractivity contribution in [1.82, 2.24) is 0 Å². The van der Waals surface area contributed by atoms with Crippen LogP contribution in [-0.4, -0.2) is 23.7 Å². The van der Waals surface area contributed by atoms with E-state index in [1.54, 1.807) is 0 Å². The summed E-state index contributed by atoms with van der Waals surface area (Å²) in [4.78, 5) is 22.9. The molecule has 4 heteroatoms. The van der Waals surface area contributed by atoms with Crippen molar-refractivity contribution in [2.45, 2.75) is 167 Å². The molecule has 0 fully saturated rings. The lowest BCUT2D eigenvalue weighted by atomic mass is 10.0. The highest BCUT2D eigenvalue weighted by atomic mass is 16.5. The first-order chi connectivity index (χ1) is 18.6. The molecule has 0 aromatic rings.